The van der Waals surface area contributed by atoms with E-state index in [1.165, 1.54) is 0 Å². The highest BCUT2D eigenvalue weighted by Crippen LogP contribution is 2.28. The maximum absolute atomic E-state index is 12.1. The standard InChI is InChI=1S/C14H27NO3/c1-6-12(16)10(2)11-8-7-9-15(11)13(17)18-14(3,4)5/h10-12,16H,6-9H2,1-5H3. The second-order valence-electron chi connectivity index (χ2n) is 6.22. The van der Waals surface area contributed by atoms with E-state index in [0.717, 1.165) is 25.8 Å². The van der Waals surface area contributed by atoms with Gasteiger partial charge in [0.15, 0.2) is 0 Å². The summed E-state index contributed by atoms with van der Waals surface area (Å²) in [5.41, 5.74) is -0.461. The molecule has 0 aromatic carbocycles. The molecular formula is C14H27NO3. The molecule has 18 heavy (non-hydrogen) atoms. The van der Waals surface area contributed by atoms with Gasteiger partial charge in [-0.1, -0.05) is 13.8 Å². The molecule has 0 aromatic heterocycles. The normalized spacial score (nSPS) is 23.9. The van der Waals surface area contributed by atoms with Crippen molar-refractivity contribution in [1.29, 1.82) is 0 Å². The maximum Gasteiger partial charge on any atom is 0.410 e. The summed E-state index contributed by atoms with van der Waals surface area (Å²) in [7, 11) is 0. The topological polar surface area (TPSA) is 49.8 Å². The van der Waals surface area contributed by atoms with Gasteiger partial charge in [-0.2, -0.15) is 0 Å². The third-order valence-corrected chi connectivity index (χ3v) is 3.56. The van der Waals surface area contributed by atoms with Crippen LogP contribution < -0.4 is 0 Å². The van der Waals surface area contributed by atoms with Crippen molar-refractivity contribution >= 4 is 6.09 Å². The second kappa shape index (κ2) is 5.91. The van der Waals surface area contributed by atoms with Crippen molar-refractivity contribution in [2.45, 2.75) is 71.6 Å². The fraction of sp³-hybridized carbons (Fsp3) is 0.929. The lowest BCUT2D eigenvalue weighted by atomic mass is 9.92. The molecule has 0 saturated carbocycles. The summed E-state index contributed by atoms with van der Waals surface area (Å²) in [6.07, 6.45) is 2.07. The van der Waals surface area contributed by atoms with E-state index in [1.54, 1.807) is 4.90 Å². The number of carbonyl (C=O) groups excluding carboxylic acids is 1. The number of amides is 1. The van der Waals surface area contributed by atoms with Crippen molar-refractivity contribution in [3.63, 3.8) is 0 Å². The number of rotatable bonds is 3. The summed E-state index contributed by atoms with van der Waals surface area (Å²) in [4.78, 5) is 13.9. The predicted octanol–water partition coefficient (Wildman–Crippen LogP) is 2.79. The molecule has 1 rings (SSSR count). The van der Waals surface area contributed by atoms with Crippen LogP contribution in [-0.2, 0) is 4.74 Å². The quantitative estimate of drug-likeness (QED) is 0.845. The summed E-state index contributed by atoms with van der Waals surface area (Å²) in [6.45, 7) is 10.3. The van der Waals surface area contributed by atoms with E-state index < -0.39 is 5.60 Å². The minimum Gasteiger partial charge on any atom is -0.444 e. The van der Waals surface area contributed by atoms with Crippen LogP contribution >= 0.6 is 0 Å². The van der Waals surface area contributed by atoms with Crippen LogP contribution in [0.2, 0.25) is 0 Å². The molecule has 106 valence electrons. The molecule has 1 aliphatic heterocycles. The average Bonchev–Trinajstić information content (AvgIpc) is 2.73. The first kappa shape index (κ1) is 15.3. The van der Waals surface area contributed by atoms with Crippen LogP contribution in [0.15, 0.2) is 0 Å². The van der Waals surface area contributed by atoms with Crippen LogP contribution in [0.25, 0.3) is 0 Å². The van der Waals surface area contributed by atoms with Crippen LogP contribution in [0.3, 0.4) is 0 Å². The van der Waals surface area contributed by atoms with Crippen LogP contribution in [0, 0.1) is 5.92 Å². The zero-order chi connectivity index (χ0) is 13.9. The minimum atomic E-state index is -0.461. The van der Waals surface area contributed by atoms with E-state index in [0.29, 0.717) is 0 Å². The number of aliphatic hydroxyl groups is 1. The van der Waals surface area contributed by atoms with Gasteiger partial charge in [0, 0.05) is 18.5 Å². The Hall–Kier alpha value is -0.770. The van der Waals surface area contributed by atoms with Gasteiger partial charge >= 0.3 is 6.09 Å². The van der Waals surface area contributed by atoms with E-state index in [4.69, 9.17) is 4.74 Å². The molecule has 1 saturated heterocycles. The van der Waals surface area contributed by atoms with Gasteiger partial charge in [-0.25, -0.2) is 4.79 Å². The molecule has 0 spiro atoms. The monoisotopic (exact) mass is 257 g/mol. The average molecular weight is 257 g/mol. The maximum atomic E-state index is 12.1. The van der Waals surface area contributed by atoms with E-state index in [-0.39, 0.29) is 24.2 Å². The Balaban J connectivity index is 2.67. The first-order valence-electron chi connectivity index (χ1n) is 6.94. The first-order chi connectivity index (χ1) is 8.26. The molecule has 3 atom stereocenters. The minimum absolute atomic E-state index is 0.102. The lowest BCUT2D eigenvalue weighted by Crippen LogP contribution is -2.45. The summed E-state index contributed by atoms with van der Waals surface area (Å²) in [6, 6.07) is 0.106. The summed E-state index contributed by atoms with van der Waals surface area (Å²) in [5.74, 6) is 0.102. The number of nitrogens with zero attached hydrogens (tertiary/aromatic N) is 1. The molecule has 0 radical (unpaired) electrons. The lowest BCUT2D eigenvalue weighted by Gasteiger charge is -2.33. The Morgan fingerprint density at radius 3 is 2.61 bits per heavy atom. The first-order valence-corrected chi connectivity index (χ1v) is 6.94. The Morgan fingerprint density at radius 2 is 2.11 bits per heavy atom. The lowest BCUT2D eigenvalue weighted by molar-refractivity contribution is 0.00663. The number of hydrogen-bond donors (Lipinski definition) is 1. The highest BCUT2D eigenvalue weighted by Gasteiger charge is 2.37. The van der Waals surface area contributed by atoms with Gasteiger partial charge in [0.25, 0.3) is 0 Å². The Kier molecular flexibility index (Phi) is 5.02. The number of likely N-dealkylation sites (tertiary alicyclic amines) is 1. The number of aliphatic hydroxyl groups excluding tert-OH is 1. The molecule has 4 nitrogen and oxygen atoms in total. The fourth-order valence-electron chi connectivity index (χ4n) is 2.51. The summed E-state index contributed by atoms with van der Waals surface area (Å²) in [5, 5.41) is 9.94. The molecule has 4 heteroatoms. The van der Waals surface area contributed by atoms with Gasteiger partial charge in [-0.15, -0.1) is 0 Å². The van der Waals surface area contributed by atoms with Crippen molar-refractivity contribution in [3.05, 3.63) is 0 Å². The molecule has 1 heterocycles. The summed E-state index contributed by atoms with van der Waals surface area (Å²) < 4.78 is 5.42. The van der Waals surface area contributed by atoms with E-state index in [2.05, 4.69) is 0 Å². The molecule has 1 aliphatic rings. The molecule has 0 bridgehead atoms. The van der Waals surface area contributed by atoms with Crippen LogP contribution in [0.1, 0.15) is 53.9 Å². The Labute approximate surface area is 110 Å². The van der Waals surface area contributed by atoms with E-state index in [1.807, 2.05) is 34.6 Å². The number of carbonyl (C=O) groups is 1. The Morgan fingerprint density at radius 1 is 1.50 bits per heavy atom. The third kappa shape index (κ3) is 3.87. The van der Waals surface area contributed by atoms with E-state index >= 15 is 0 Å². The third-order valence-electron chi connectivity index (χ3n) is 3.56. The smallest absolute Gasteiger partial charge is 0.410 e. The van der Waals surface area contributed by atoms with Crippen molar-refractivity contribution in [2.24, 2.45) is 5.92 Å². The van der Waals surface area contributed by atoms with Crippen molar-refractivity contribution in [1.82, 2.24) is 4.90 Å². The van der Waals surface area contributed by atoms with Crippen LogP contribution in [0.5, 0.6) is 0 Å². The molecule has 0 aliphatic carbocycles. The van der Waals surface area contributed by atoms with Gasteiger partial charge in [0.1, 0.15) is 5.60 Å². The highest BCUT2D eigenvalue weighted by molar-refractivity contribution is 5.69. The number of ether oxygens (including phenoxy) is 1. The van der Waals surface area contributed by atoms with Gasteiger partial charge < -0.3 is 14.7 Å². The van der Waals surface area contributed by atoms with Crippen molar-refractivity contribution < 1.29 is 14.6 Å². The van der Waals surface area contributed by atoms with Crippen LogP contribution in [0.4, 0.5) is 4.79 Å². The number of hydrogen-bond acceptors (Lipinski definition) is 3. The van der Waals surface area contributed by atoms with Gasteiger partial charge in [-0.3, -0.25) is 0 Å². The van der Waals surface area contributed by atoms with Gasteiger partial charge in [-0.05, 0) is 40.0 Å². The molecule has 1 fully saturated rings. The zero-order valence-corrected chi connectivity index (χ0v) is 12.3. The predicted molar refractivity (Wildman–Crippen MR) is 71.4 cm³/mol. The molecule has 3 unspecified atom stereocenters. The second-order valence-corrected chi connectivity index (χ2v) is 6.22. The molecule has 1 N–H and O–H groups in total. The molecule has 0 aromatic rings. The highest BCUT2D eigenvalue weighted by atomic mass is 16.6. The molecular weight excluding hydrogens is 230 g/mol. The van der Waals surface area contributed by atoms with Crippen LogP contribution in [-0.4, -0.2) is 40.4 Å². The van der Waals surface area contributed by atoms with Crippen molar-refractivity contribution in [3.8, 4) is 0 Å². The zero-order valence-electron chi connectivity index (χ0n) is 12.3. The fourth-order valence-corrected chi connectivity index (χ4v) is 2.51. The van der Waals surface area contributed by atoms with Crippen molar-refractivity contribution in [2.75, 3.05) is 6.54 Å². The molecule has 1 amide bonds. The SMILES string of the molecule is CCC(O)C(C)C1CCCN1C(=O)OC(C)(C)C. The largest absolute Gasteiger partial charge is 0.444 e. The van der Waals surface area contributed by atoms with E-state index in [9.17, 15) is 9.90 Å². The summed E-state index contributed by atoms with van der Waals surface area (Å²) >= 11 is 0. The Bertz CT molecular complexity index is 285. The van der Waals surface area contributed by atoms with Gasteiger partial charge in [0.05, 0.1) is 6.10 Å². The van der Waals surface area contributed by atoms with Gasteiger partial charge in [0.2, 0.25) is 0 Å².